The van der Waals surface area contributed by atoms with Crippen LogP contribution in [0.4, 0.5) is 0 Å². The number of aliphatic hydroxyl groups excluding tert-OH is 1. The zero-order valence-corrected chi connectivity index (χ0v) is 10.6. The molecular formula is C14H14O2S. The first-order valence-corrected chi connectivity index (χ1v) is 5.84. The lowest BCUT2D eigenvalue weighted by molar-refractivity contribution is 0.374. The van der Waals surface area contributed by atoms with Crippen LogP contribution in [0.25, 0.3) is 5.57 Å². The molecule has 1 aliphatic rings. The van der Waals surface area contributed by atoms with E-state index in [0.29, 0.717) is 5.76 Å². The Kier molecular flexibility index (Phi) is 3.29. The Morgan fingerprint density at radius 2 is 1.82 bits per heavy atom. The Bertz CT molecular complexity index is 497. The summed E-state index contributed by atoms with van der Waals surface area (Å²) in [6.45, 7) is 1.91. The number of thiocarbonyl (C=S) groups is 1. The molecule has 1 aromatic rings. The molecule has 1 unspecified atom stereocenters. The van der Waals surface area contributed by atoms with Crippen LogP contribution in [-0.4, -0.2) is 17.1 Å². The predicted octanol–water partition coefficient (Wildman–Crippen LogP) is 3.54. The zero-order chi connectivity index (χ0) is 12.4. The maximum absolute atomic E-state index is 9.60. The molecule has 0 aromatic heterocycles. The van der Waals surface area contributed by atoms with Crippen molar-refractivity contribution in [2.45, 2.75) is 6.92 Å². The highest BCUT2D eigenvalue weighted by Gasteiger charge is 2.21. The lowest BCUT2D eigenvalue weighted by Gasteiger charge is -2.19. The van der Waals surface area contributed by atoms with Crippen LogP contribution in [0, 0.1) is 5.92 Å². The monoisotopic (exact) mass is 246 g/mol. The van der Waals surface area contributed by atoms with Gasteiger partial charge >= 0.3 is 0 Å². The van der Waals surface area contributed by atoms with Crippen molar-refractivity contribution in [1.29, 1.82) is 0 Å². The van der Waals surface area contributed by atoms with Gasteiger partial charge in [-0.15, -0.1) is 0 Å². The molecule has 1 aliphatic carbocycles. The lowest BCUT2D eigenvalue weighted by Crippen LogP contribution is -2.16. The lowest BCUT2D eigenvalue weighted by atomic mass is 9.89. The molecule has 0 saturated heterocycles. The molecule has 88 valence electrons. The molecule has 1 atom stereocenters. The minimum absolute atomic E-state index is 0.0906. The van der Waals surface area contributed by atoms with Crippen molar-refractivity contribution >= 4 is 22.7 Å². The van der Waals surface area contributed by atoms with Crippen LogP contribution in [0.5, 0.6) is 5.75 Å². The second-order valence-electron chi connectivity index (χ2n) is 3.99. The molecule has 0 spiro atoms. The highest BCUT2D eigenvalue weighted by Crippen LogP contribution is 2.29. The van der Waals surface area contributed by atoms with E-state index in [1.165, 1.54) is 0 Å². The molecule has 0 fully saturated rings. The maximum atomic E-state index is 9.60. The van der Waals surface area contributed by atoms with Crippen LogP contribution in [0.15, 0.2) is 42.2 Å². The minimum Gasteiger partial charge on any atom is -0.512 e. The highest BCUT2D eigenvalue weighted by atomic mass is 32.1. The summed E-state index contributed by atoms with van der Waals surface area (Å²) in [7, 11) is 1.64. The first kappa shape index (κ1) is 11.9. The number of allylic oxidation sites excluding steroid dienone is 4. The summed E-state index contributed by atoms with van der Waals surface area (Å²) in [5, 5.41) is 9.60. The third-order valence-electron chi connectivity index (χ3n) is 2.92. The SMILES string of the molecule is COc1ccc(C2=CC=C(O)C(C)C2=S)cc1. The second kappa shape index (κ2) is 4.72. The van der Waals surface area contributed by atoms with E-state index >= 15 is 0 Å². The molecule has 3 heteroatoms. The number of hydrogen-bond acceptors (Lipinski definition) is 3. The summed E-state index contributed by atoms with van der Waals surface area (Å²) in [5.74, 6) is 1.06. The number of rotatable bonds is 2. The fraction of sp³-hybridized carbons (Fsp3) is 0.214. The molecule has 2 rings (SSSR count). The summed E-state index contributed by atoms with van der Waals surface area (Å²) < 4.78 is 5.12. The number of hydrogen-bond donors (Lipinski definition) is 1. The first-order chi connectivity index (χ1) is 8.13. The van der Waals surface area contributed by atoms with Gasteiger partial charge in [0.05, 0.1) is 7.11 Å². The Balaban J connectivity index is 2.36. The molecule has 0 bridgehead atoms. The van der Waals surface area contributed by atoms with E-state index < -0.39 is 0 Å². The van der Waals surface area contributed by atoms with E-state index in [1.54, 1.807) is 13.2 Å². The van der Waals surface area contributed by atoms with Crippen molar-refractivity contribution in [3.05, 3.63) is 47.7 Å². The average Bonchev–Trinajstić information content (AvgIpc) is 2.36. The van der Waals surface area contributed by atoms with Crippen LogP contribution in [0.2, 0.25) is 0 Å². The van der Waals surface area contributed by atoms with E-state index in [1.807, 2.05) is 37.3 Å². The van der Waals surface area contributed by atoms with Crippen molar-refractivity contribution in [2.24, 2.45) is 5.92 Å². The van der Waals surface area contributed by atoms with Crippen molar-refractivity contribution in [3.8, 4) is 5.75 Å². The number of benzene rings is 1. The molecule has 0 radical (unpaired) electrons. The van der Waals surface area contributed by atoms with Gasteiger partial charge in [0.15, 0.2) is 0 Å². The Labute approximate surface area is 106 Å². The standard InChI is InChI=1S/C14H14O2S/c1-9-13(15)8-7-12(14(9)17)10-3-5-11(16-2)6-4-10/h3-9,15H,1-2H3. The van der Waals surface area contributed by atoms with E-state index in [-0.39, 0.29) is 5.92 Å². The van der Waals surface area contributed by atoms with Crippen molar-refractivity contribution in [3.63, 3.8) is 0 Å². The Morgan fingerprint density at radius 1 is 1.18 bits per heavy atom. The van der Waals surface area contributed by atoms with Gasteiger partial charge in [0.2, 0.25) is 0 Å². The smallest absolute Gasteiger partial charge is 0.118 e. The van der Waals surface area contributed by atoms with Crippen molar-refractivity contribution < 1.29 is 9.84 Å². The van der Waals surface area contributed by atoms with E-state index in [2.05, 4.69) is 0 Å². The molecule has 2 nitrogen and oxygen atoms in total. The quantitative estimate of drug-likeness (QED) is 0.809. The summed E-state index contributed by atoms with van der Waals surface area (Å²) in [6.07, 6.45) is 3.57. The number of ether oxygens (including phenoxy) is 1. The maximum Gasteiger partial charge on any atom is 0.118 e. The van der Waals surface area contributed by atoms with Gasteiger partial charge in [0, 0.05) is 10.8 Å². The Morgan fingerprint density at radius 3 is 2.41 bits per heavy atom. The van der Waals surface area contributed by atoms with Crippen LogP contribution in [0.3, 0.4) is 0 Å². The normalized spacial score (nSPS) is 19.6. The van der Waals surface area contributed by atoms with Crippen molar-refractivity contribution in [2.75, 3.05) is 7.11 Å². The van der Waals surface area contributed by atoms with Crippen LogP contribution < -0.4 is 4.74 Å². The van der Waals surface area contributed by atoms with Gasteiger partial charge in [-0.05, 0) is 35.4 Å². The molecule has 1 aromatic carbocycles. The fourth-order valence-electron chi connectivity index (χ4n) is 1.77. The summed E-state index contributed by atoms with van der Waals surface area (Å²) >= 11 is 5.37. The van der Waals surface area contributed by atoms with Crippen LogP contribution in [0.1, 0.15) is 12.5 Å². The van der Waals surface area contributed by atoms with E-state index in [0.717, 1.165) is 21.8 Å². The molecule has 17 heavy (non-hydrogen) atoms. The predicted molar refractivity (Wildman–Crippen MR) is 73.4 cm³/mol. The number of aliphatic hydroxyl groups is 1. The average molecular weight is 246 g/mol. The summed E-state index contributed by atoms with van der Waals surface area (Å²) in [6, 6.07) is 7.75. The zero-order valence-electron chi connectivity index (χ0n) is 9.81. The van der Waals surface area contributed by atoms with Crippen LogP contribution >= 0.6 is 12.2 Å². The van der Waals surface area contributed by atoms with Gasteiger partial charge < -0.3 is 9.84 Å². The first-order valence-electron chi connectivity index (χ1n) is 5.43. The van der Waals surface area contributed by atoms with Gasteiger partial charge in [-0.1, -0.05) is 31.3 Å². The van der Waals surface area contributed by atoms with Gasteiger partial charge in [-0.3, -0.25) is 0 Å². The molecular weight excluding hydrogens is 232 g/mol. The third kappa shape index (κ3) is 2.24. The van der Waals surface area contributed by atoms with Gasteiger partial charge in [0.1, 0.15) is 11.5 Å². The summed E-state index contributed by atoms with van der Waals surface area (Å²) in [5.41, 5.74) is 2.04. The molecule has 0 aliphatic heterocycles. The highest BCUT2D eigenvalue weighted by molar-refractivity contribution is 7.81. The molecule has 0 amide bonds. The Hall–Kier alpha value is -1.61. The third-order valence-corrected chi connectivity index (χ3v) is 3.50. The van der Waals surface area contributed by atoms with E-state index in [9.17, 15) is 5.11 Å². The number of methoxy groups -OCH3 is 1. The molecule has 0 saturated carbocycles. The molecule has 0 heterocycles. The van der Waals surface area contributed by atoms with Crippen LogP contribution in [-0.2, 0) is 0 Å². The largest absolute Gasteiger partial charge is 0.512 e. The minimum atomic E-state index is -0.0906. The van der Waals surface area contributed by atoms with Gasteiger partial charge in [-0.2, -0.15) is 0 Å². The van der Waals surface area contributed by atoms with Crippen molar-refractivity contribution in [1.82, 2.24) is 0 Å². The van der Waals surface area contributed by atoms with Gasteiger partial charge in [-0.25, -0.2) is 0 Å². The topological polar surface area (TPSA) is 29.5 Å². The second-order valence-corrected chi connectivity index (χ2v) is 4.43. The molecule has 1 N–H and O–H groups in total. The van der Waals surface area contributed by atoms with E-state index in [4.69, 9.17) is 17.0 Å². The van der Waals surface area contributed by atoms with Gasteiger partial charge in [0.25, 0.3) is 0 Å². The summed E-state index contributed by atoms with van der Waals surface area (Å²) in [4.78, 5) is 0.773. The fourth-order valence-corrected chi connectivity index (χ4v) is 2.08.